The van der Waals surface area contributed by atoms with Gasteiger partial charge in [0, 0.05) is 24.1 Å². The smallest absolute Gasteiger partial charge is 0.191 e. The van der Waals surface area contributed by atoms with Gasteiger partial charge in [0.15, 0.2) is 5.96 Å². The van der Waals surface area contributed by atoms with Crippen molar-refractivity contribution in [2.24, 2.45) is 10.9 Å². The first-order valence-electron chi connectivity index (χ1n) is 4.44. The van der Waals surface area contributed by atoms with Crippen molar-refractivity contribution in [2.45, 2.75) is 19.4 Å². The van der Waals surface area contributed by atoms with Crippen LogP contribution >= 0.6 is 15.9 Å². The first-order chi connectivity index (χ1) is 6.13. The number of aliphatic imine (C=N–C) groups is 1. The summed E-state index contributed by atoms with van der Waals surface area (Å²) in [6, 6.07) is 0.606. The monoisotopic (exact) mass is 245 g/mol. The van der Waals surface area contributed by atoms with Gasteiger partial charge in [-0.25, -0.2) is 0 Å². The average Bonchev–Trinajstić information content (AvgIpc) is 2.75. The second-order valence-electron chi connectivity index (χ2n) is 3.41. The Morgan fingerprint density at radius 1 is 1.69 bits per heavy atom. The van der Waals surface area contributed by atoms with E-state index in [1.165, 1.54) is 6.42 Å². The molecule has 1 aliphatic rings. The molecule has 0 bridgehead atoms. The maximum atomic E-state index is 4.11. The summed E-state index contributed by atoms with van der Waals surface area (Å²) in [4.78, 5) is 4.11. The topological polar surface area (TPSA) is 36.4 Å². The van der Waals surface area contributed by atoms with Gasteiger partial charge >= 0.3 is 0 Å². The lowest BCUT2D eigenvalue weighted by Gasteiger charge is -2.10. The Balaban J connectivity index is 2.23. The number of nitrogens with one attached hydrogen (secondary N) is 2. The summed E-state index contributed by atoms with van der Waals surface area (Å²) in [5, 5.41) is 6.48. The van der Waals surface area contributed by atoms with Crippen LogP contribution in [0.15, 0.2) is 16.1 Å². The molecule has 2 N–H and O–H groups in total. The van der Waals surface area contributed by atoms with Crippen LogP contribution in [0.4, 0.5) is 0 Å². The van der Waals surface area contributed by atoms with Crippen LogP contribution in [0.1, 0.15) is 13.3 Å². The molecule has 0 heterocycles. The van der Waals surface area contributed by atoms with E-state index >= 15 is 0 Å². The van der Waals surface area contributed by atoms with Gasteiger partial charge in [0.05, 0.1) is 0 Å². The van der Waals surface area contributed by atoms with E-state index in [4.69, 9.17) is 0 Å². The minimum absolute atomic E-state index is 0.606. The molecular formula is C9H16BrN3. The summed E-state index contributed by atoms with van der Waals surface area (Å²) >= 11 is 3.29. The maximum Gasteiger partial charge on any atom is 0.191 e. The van der Waals surface area contributed by atoms with Crippen molar-refractivity contribution in [2.75, 3.05) is 13.6 Å². The Kier molecular flexibility index (Phi) is 3.78. The van der Waals surface area contributed by atoms with E-state index in [9.17, 15) is 0 Å². The number of rotatable bonds is 3. The van der Waals surface area contributed by atoms with Gasteiger partial charge in [-0.3, -0.25) is 4.99 Å². The third kappa shape index (κ3) is 3.81. The van der Waals surface area contributed by atoms with E-state index in [-0.39, 0.29) is 0 Å². The maximum absolute atomic E-state index is 4.11. The zero-order valence-corrected chi connectivity index (χ0v) is 9.69. The van der Waals surface area contributed by atoms with E-state index in [2.05, 4.69) is 45.1 Å². The van der Waals surface area contributed by atoms with Gasteiger partial charge in [0.25, 0.3) is 0 Å². The number of halogens is 1. The standard InChI is InChI=1S/C9H16BrN3/c1-6-4-8(6)13-9(11-3)12-5-7(2)10/h6,8H,2,4-5H2,1,3H3,(H2,11,12,13). The van der Waals surface area contributed by atoms with Crippen LogP contribution in [0.2, 0.25) is 0 Å². The van der Waals surface area contributed by atoms with Crippen molar-refractivity contribution in [3.8, 4) is 0 Å². The minimum atomic E-state index is 0.606. The van der Waals surface area contributed by atoms with Gasteiger partial charge in [-0.05, 0) is 12.3 Å². The van der Waals surface area contributed by atoms with E-state index < -0.39 is 0 Å². The molecule has 74 valence electrons. The molecule has 0 radical (unpaired) electrons. The molecule has 3 nitrogen and oxygen atoms in total. The molecule has 0 aromatic heterocycles. The summed E-state index contributed by atoms with van der Waals surface area (Å²) in [5.74, 6) is 1.64. The van der Waals surface area contributed by atoms with Crippen LogP contribution in [0.3, 0.4) is 0 Å². The second-order valence-corrected chi connectivity index (χ2v) is 4.53. The molecule has 0 saturated heterocycles. The van der Waals surface area contributed by atoms with Crippen LogP contribution in [-0.4, -0.2) is 25.6 Å². The molecule has 4 heteroatoms. The Hall–Kier alpha value is -0.510. The minimum Gasteiger partial charge on any atom is -0.353 e. The zero-order chi connectivity index (χ0) is 9.84. The van der Waals surface area contributed by atoms with Crippen molar-refractivity contribution in [1.29, 1.82) is 0 Å². The van der Waals surface area contributed by atoms with Crippen molar-refractivity contribution < 1.29 is 0 Å². The lowest BCUT2D eigenvalue weighted by atomic mass is 10.5. The molecule has 0 amide bonds. The number of hydrogen-bond donors (Lipinski definition) is 2. The normalized spacial score (nSPS) is 26.8. The SMILES string of the molecule is C=C(Br)CNC(=NC)NC1CC1C. The summed E-state index contributed by atoms with van der Waals surface area (Å²) in [5.41, 5.74) is 0. The highest BCUT2D eigenvalue weighted by atomic mass is 79.9. The molecule has 1 aliphatic carbocycles. The van der Waals surface area contributed by atoms with Gasteiger partial charge in [-0.1, -0.05) is 29.4 Å². The van der Waals surface area contributed by atoms with Gasteiger partial charge in [-0.15, -0.1) is 0 Å². The Morgan fingerprint density at radius 2 is 2.31 bits per heavy atom. The lowest BCUT2D eigenvalue weighted by Crippen LogP contribution is -2.39. The highest BCUT2D eigenvalue weighted by Crippen LogP contribution is 2.28. The van der Waals surface area contributed by atoms with Crippen molar-refractivity contribution in [3.05, 3.63) is 11.1 Å². The van der Waals surface area contributed by atoms with Crippen LogP contribution in [-0.2, 0) is 0 Å². The molecule has 1 rings (SSSR count). The van der Waals surface area contributed by atoms with Gasteiger partial charge in [0.1, 0.15) is 0 Å². The second kappa shape index (κ2) is 4.65. The van der Waals surface area contributed by atoms with Gasteiger partial charge in [-0.2, -0.15) is 0 Å². The largest absolute Gasteiger partial charge is 0.353 e. The molecule has 0 aromatic carbocycles. The van der Waals surface area contributed by atoms with Crippen LogP contribution in [0.25, 0.3) is 0 Å². The Bertz CT molecular complexity index is 225. The highest BCUT2D eigenvalue weighted by molar-refractivity contribution is 9.11. The molecule has 1 saturated carbocycles. The van der Waals surface area contributed by atoms with Crippen molar-refractivity contribution in [3.63, 3.8) is 0 Å². The predicted octanol–water partition coefficient (Wildman–Crippen LogP) is 1.47. The molecule has 13 heavy (non-hydrogen) atoms. The summed E-state index contributed by atoms with van der Waals surface area (Å²) < 4.78 is 0.930. The molecule has 2 atom stereocenters. The average molecular weight is 246 g/mol. The third-order valence-corrected chi connectivity index (χ3v) is 2.38. The van der Waals surface area contributed by atoms with Crippen molar-refractivity contribution in [1.82, 2.24) is 10.6 Å². The van der Waals surface area contributed by atoms with E-state index in [1.807, 2.05) is 0 Å². The van der Waals surface area contributed by atoms with E-state index in [0.29, 0.717) is 12.6 Å². The number of hydrogen-bond acceptors (Lipinski definition) is 1. The molecule has 0 aliphatic heterocycles. The molecule has 0 aromatic rings. The number of nitrogens with zero attached hydrogens (tertiary/aromatic N) is 1. The molecular weight excluding hydrogens is 230 g/mol. The molecule has 0 spiro atoms. The summed E-state index contributed by atoms with van der Waals surface area (Å²) in [6.45, 7) is 6.68. The summed E-state index contributed by atoms with van der Waals surface area (Å²) in [7, 11) is 1.78. The van der Waals surface area contributed by atoms with Crippen LogP contribution < -0.4 is 10.6 Å². The molecule has 1 fully saturated rings. The Morgan fingerprint density at radius 3 is 2.69 bits per heavy atom. The zero-order valence-electron chi connectivity index (χ0n) is 8.10. The van der Waals surface area contributed by atoms with Crippen molar-refractivity contribution >= 4 is 21.9 Å². The molecule has 2 unspecified atom stereocenters. The van der Waals surface area contributed by atoms with E-state index in [1.54, 1.807) is 7.05 Å². The number of guanidine groups is 1. The van der Waals surface area contributed by atoms with Gasteiger partial charge in [0.2, 0.25) is 0 Å². The van der Waals surface area contributed by atoms with Crippen LogP contribution in [0.5, 0.6) is 0 Å². The first-order valence-corrected chi connectivity index (χ1v) is 5.23. The fourth-order valence-corrected chi connectivity index (χ4v) is 1.21. The fraction of sp³-hybridized carbons (Fsp3) is 0.667. The third-order valence-electron chi connectivity index (χ3n) is 2.10. The highest BCUT2D eigenvalue weighted by Gasteiger charge is 2.33. The van der Waals surface area contributed by atoms with Gasteiger partial charge < -0.3 is 10.6 Å². The van der Waals surface area contributed by atoms with Crippen LogP contribution in [0, 0.1) is 5.92 Å². The summed E-state index contributed by atoms with van der Waals surface area (Å²) in [6.07, 6.45) is 1.25. The lowest BCUT2D eigenvalue weighted by molar-refractivity contribution is 0.781. The fourth-order valence-electron chi connectivity index (χ4n) is 1.07. The first kappa shape index (κ1) is 10.6. The predicted molar refractivity (Wildman–Crippen MR) is 60.1 cm³/mol. The Labute approximate surface area is 87.8 Å². The quantitative estimate of drug-likeness (QED) is 0.584. The van der Waals surface area contributed by atoms with E-state index in [0.717, 1.165) is 16.4 Å².